The summed E-state index contributed by atoms with van der Waals surface area (Å²) in [4.78, 5) is 15.8. The standard InChI is InChI=1S/C25H24N2O5/c1-27-24(28)22(32-25(27)29)9-5-8-19-10-13-21(14-11-19)30-16-20-17-31-23(26-20)15-12-18-6-3-2-4-7-18/h2-4,6-7,10-15,17,28H,5,8-9,16H2,1H3. The van der Waals surface area contributed by atoms with Crippen molar-refractivity contribution in [2.45, 2.75) is 25.9 Å². The fourth-order valence-corrected chi connectivity index (χ4v) is 3.22. The van der Waals surface area contributed by atoms with Gasteiger partial charge in [0.25, 0.3) is 0 Å². The minimum atomic E-state index is -0.551. The Balaban J connectivity index is 1.24. The lowest BCUT2D eigenvalue weighted by Crippen LogP contribution is -2.07. The summed E-state index contributed by atoms with van der Waals surface area (Å²) in [6.45, 7) is 0.314. The van der Waals surface area contributed by atoms with Crippen LogP contribution in [0.15, 0.2) is 74.5 Å². The van der Waals surface area contributed by atoms with Gasteiger partial charge in [-0.2, -0.15) is 0 Å². The van der Waals surface area contributed by atoms with Gasteiger partial charge in [-0.05, 0) is 42.2 Å². The van der Waals surface area contributed by atoms with E-state index in [0.717, 1.165) is 34.3 Å². The quantitative estimate of drug-likeness (QED) is 0.416. The largest absolute Gasteiger partial charge is 0.492 e. The number of aryl methyl sites for hydroxylation is 2. The Hall–Kier alpha value is -4.00. The number of rotatable bonds is 9. The lowest BCUT2D eigenvalue weighted by Gasteiger charge is -2.05. The molecule has 7 nitrogen and oxygen atoms in total. The Morgan fingerprint density at radius 3 is 2.56 bits per heavy atom. The van der Waals surface area contributed by atoms with Gasteiger partial charge in [-0.3, -0.25) is 0 Å². The van der Waals surface area contributed by atoms with Crippen LogP contribution in [0, 0.1) is 0 Å². The highest BCUT2D eigenvalue weighted by Gasteiger charge is 2.12. The molecular formula is C25H24N2O5. The van der Waals surface area contributed by atoms with E-state index >= 15 is 0 Å². The normalized spacial score (nSPS) is 11.3. The molecule has 0 atom stereocenters. The highest BCUT2D eigenvalue weighted by Crippen LogP contribution is 2.19. The van der Waals surface area contributed by atoms with Crippen LogP contribution in [0.1, 0.15) is 34.9 Å². The molecule has 0 unspecified atom stereocenters. The summed E-state index contributed by atoms with van der Waals surface area (Å²) in [5.74, 6) is 0.937. The second-order valence-electron chi connectivity index (χ2n) is 7.38. The zero-order chi connectivity index (χ0) is 22.3. The van der Waals surface area contributed by atoms with Crippen molar-refractivity contribution in [3.8, 4) is 11.6 Å². The Morgan fingerprint density at radius 2 is 1.84 bits per heavy atom. The molecule has 0 bridgehead atoms. The fourth-order valence-electron chi connectivity index (χ4n) is 3.22. The van der Waals surface area contributed by atoms with Gasteiger partial charge in [-0.1, -0.05) is 42.5 Å². The Morgan fingerprint density at radius 1 is 1.06 bits per heavy atom. The van der Waals surface area contributed by atoms with E-state index in [1.165, 1.54) is 7.05 Å². The lowest BCUT2D eigenvalue weighted by atomic mass is 10.1. The molecule has 0 amide bonds. The molecule has 0 radical (unpaired) electrons. The Kier molecular flexibility index (Phi) is 6.55. The summed E-state index contributed by atoms with van der Waals surface area (Å²) >= 11 is 0. The third-order valence-electron chi connectivity index (χ3n) is 5.02. The highest BCUT2D eigenvalue weighted by atomic mass is 16.5. The number of ether oxygens (including phenoxy) is 1. The molecule has 0 aliphatic heterocycles. The number of hydrogen-bond donors (Lipinski definition) is 1. The number of aromatic hydroxyl groups is 1. The summed E-state index contributed by atoms with van der Waals surface area (Å²) in [7, 11) is 1.48. The summed E-state index contributed by atoms with van der Waals surface area (Å²) in [6.07, 6.45) is 7.40. The maximum atomic E-state index is 11.4. The number of nitrogens with zero attached hydrogens (tertiary/aromatic N) is 2. The van der Waals surface area contributed by atoms with Crippen LogP contribution in [0.4, 0.5) is 0 Å². The van der Waals surface area contributed by atoms with Gasteiger partial charge in [0.1, 0.15) is 24.3 Å². The molecule has 0 fully saturated rings. The van der Waals surface area contributed by atoms with Crippen LogP contribution < -0.4 is 10.5 Å². The molecule has 0 spiro atoms. The van der Waals surface area contributed by atoms with E-state index in [1.54, 1.807) is 6.26 Å². The van der Waals surface area contributed by atoms with Crippen LogP contribution in [0.3, 0.4) is 0 Å². The number of aromatic nitrogens is 2. The van der Waals surface area contributed by atoms with Crippen molar-refractivity contribution in [1.82, 2.24) is 9.55 Å². The molecular weight excluding hydrogens is 408 g/mol. The molecule has 7 heteroatoms. The van der Waals surface area contributed by atoms with Crippen molar-refractivity contribution in [2.24, 2.45) is 7.05 Å². The molecule has 4 rings (SSSR count). The molecule has 2 aromatic heterocycles. The van der Waals surface area contributed by atoms with E-state index in [0.29, 0.717) is 30.4 Å². The first kappa shape index (κ1) is 21.2. The molecule has 0 aliphatic rings. The number of hydrogen-bond acceptors (Lipinski definition) is 6. The van der Waals surface area contributed by atoms with E-state index in [1.807, 2.05) is 66.7 Å². The number of oxazole rings is 2. The van der Waals surface area contributed by atoms with E-state index in [9.17, 15) is 9.90 Å². The maximum Gasteiger partial charge on any atom is 0.421 e. The first-order valence-electron chi connectivity index (χ1n) is 10.4. The van der Waals surface area contributed by atoms with E-state index in [-0.39, 0.29) is 5.88 Å². The smallest absolute Gasteiger partial charge is 0.421 e. The molecule has 0 saturated heterocycles. The Bertz CT molecular complexity index is 1230. The summed E-state index contributed by atoms with van der Waals surface area (Å²) in [6, 6.07) is 17.8. The monoisotopic (exact) mass is 432 g/mol. The van der Waals surface area contributed by atoms with Crippen LogP contribution in [-0.4, -0.2) is 14.7 Å². The molecule has 0 aliphatic carbocycles. The van der Waals surface area contributed by atoms with Crippen molar-refractivity contribution in [3.63, 3.8) is 0 Å². The molecule has 1 N–H and O–H groups in total. The first-order chi connectivity index (χ1) is 15.6. The lowest BCUT2D eigenvalue weighted by molar-refractivity contribution is 0.301. The van der Waals surface area contributed by atoms with Crippen molar-refractivity contribution >= 4 is 12.2 Å². The van der Waals surface area contributed by atoms with Crippen molar-refractivity contribution in [1.29, 1.82) is 0 Å². The number of benzene rings is 2. The summed E-state index contributed by atoms with van der Waals surface area (Å²) in [5.41, 5.74) is 2.92. The minimum Gasteiger partial charge on any atom is -0.492 e. The van der Waals surface area contributed by atoms with Gasteiger partial charge >= 0.3 is 5.76 Å². The van der Waals surface area contributed by atoms with E-state index < -0.39 is 5.76 Å². The average molecular weight is 432 g/mol. The molecule has 4 aromatic rings. The Labute approximate surface area is 185 Å². The second-order valence-corrected chi connectivity index (χ2v) is 7.38. The zero-order valence-corrected chi connectivity index (χ0v) is 17.7. The van der Waals surface area contributed by atoms with Crippen LogP contribution in [-0.2, 0) is 26.5 Å². The van der Waals surface area contributed by atoms with Crippen molar-refractivity contribution < 1.29 is 18.7 Å². The maximum absolute atomic E-state index is 11.4. The second kappa shape index (κ2) is 9.87. The third kappa shape index (κ3) is 5.37. The SMILES string of the molecule is Cn1c(O)c(CCCc2ccc(OCc3coc(C=Cc4ccccc4)n3)cc2)oc1=O. The van der Waals surface area contributed by atoms with E-state index in [2.05, 4.69) is 4.98 Å². The predicted octanol–water partition coefficient (Wildman–Crippen LogP) is 4.60. The third-order valence-corrected chi connectivity index (χ3v) is 5.02. The predicted molar refractivity (Wildman–Crippen MR) is 120 cm³/mol. The first-order valence-corrected chi connectivity index (χ1v) is 10.4. The summed E-state index contributed by atoms with van der Waals surface area (Å²) in [5, 5.41) is 9.83. The van der Waals surface area contributed by atoms with E-state index in [4.69, 9.17) is 13.6 Å². The minimum absolute atomic E-state index is 0.106. The van der Waals surface area contributed by atoms with Gasteiger partial charge in [-0.15, -0.1) is 0 Å². The van der Waals surface area contributed by atoms with Gasteiger partial charge in [0.05, 0.1) is 0 Å². The van der Waals surface area contributed by atoms with Gasteiger partial charge in [0.2, 0.25) is 11.8 Å². The molecule has 2 heterocycles. The van der Waals surface area contributed by atoms with Crippen LogP contribution in [0.5, 0.6) is 11.6 Å². The molecule has 0 saturated carbocycles. The highest BCUT2D eigenvalue weighted by molar-refractivity contribution is 5.65. The molecule has 2 aromatic carbocycles. The zero-order valence-electron chi connectivity index (χ0n) is 17.7. The fraction of sp³-hybridized carbons (Fsp3) is 0.200. The molecule has 32 heavy (non-hydrogen) atoms. The van der Waals surface area contributed by atoms with Gasteiger partial charge in [-0.25, -0.2) is 14.3 Å². The average Bonchev–Trinajstić information content (AvgIpc) is 3.38. The van der Waals surface area contributed by atoms with Crippen molar-refractivity contribution in [2.75, 3.05) is 0 Å². The van der Waals surface area contributed by atoms with Gasteiger partial charge in [0.15, 0.2) is 5.76 Å². The van der Waals surface area contributed by atoms with Crippen LogP contribution in [0.2, 0.25) is 0 Å². The van der Waals surface area contributed by atoms with Crippen molar-refractivity contribution in [3.05, 3.63) is 99.9 Å². The summed E-state index contributed by atoms with van der Waals surface area (Å²) < 4.78 is 17.4. The topological polar surface area (TPSA) is 90.6 Å². The van der Waals surface area contributed by atoms with Crippen LogP contribution in [0.25, 0.3) is 12.2 Å². The van der Waals surface area contributed by atoms with Crippen LogP contribution >= 0.6 is 0 Å². The van der Waals surface area contributed by atoms with Gasteiger partial charge in [0, 0.05) is 19.5 Å². The van der Waals surface area contributed by atoms with Gasteiger partial charge < -0.3 is 18.7 Å². The molecule has 164 valence electrons.